The van der Waals surface area contributed by atoms with Crippen LogP contribution in [0.2, 0.25) is 10.0 Å². The number of benzene rings is 2. The van der Waals surface area contributed by atoms with Gasteiger partial charge in [-0.3, -0.25) is 15.6 Å². The number of methoxy groups -OCH3 is 2. The van der Waals surface area contributed by atoms with E-state index < -0.39 is 5.91 Å². The Morgan fingerprint density at radius 3 is 2.48 bits per heavy atom. The molecule has 0 aliphatic heterocycles. The molecular formula is C16H15Cl2N3O3S. The van der Waals surface area contributed by atoms with E-state index in [0.717, 1.165) is 0 Å². The Bertz CT molecular complexity index is 802. The molecular weight excluding hydrogens is 385 g/mol. The van der Waals surface area contributed by atoms with Crippen LogP contribution in [-0.4, -0.2) is 25.2 Å². The fourth-order valence-electron chi connectivity index (χ4n) is 1.96. The van der Waals surface area contributed by atoms with Gasteiger partial charge in [0.05, 0.1) is 19.2 Å². The third kappa shape index (κ3) is 5.12. The minimum absolute atomic E-state index is 0.196. The van der Waals surface area contributed by atoms with Crippen LogP contribution in [0.1, 0.15) is 10.4 Å². The molecule has 0 heterocycles. The van der Waals surface area contributed by atoms with Gasteiger partial charge in [0, 0.05) is 16.3 Å². The summed E-state index contributed by atoms with van der Waals surface area (Å²) in [5, 5.41) is 3.91. The van der Waals surface area contributed by atoms with E-state index in [1.807, 2.05) is 0 Å². The third-order valence-electron chi connectivity index (χ3n) is 3.07. The van der Waals surface area contributed by atoms with Crippen LogP contribution in [0.5, 0.6) is 11.5 Å². The molecule has 0 radical (unpaired) electrons. The van der Waals surface area contributed by atoms with Gasteiger partial charge in [-0.05, 0) is 42.5 Å². The van der Waals surface area contributed by atoms with Gasteiger partial charge in [-0.1, -0.05) is 29.3 Å². The number of ether oxygens (including phenoxy) is 2. The number of anilines is 1. The van der Waals surface area contributed by atoms with E-state index in [0.29, 0.717) is 22.2 Å². The zero-order valence-corrected chi connectivity index (χ0v) is 15.7. The number of amides is 1. The van der Waals surface area contributed by atoms with Crippen molar-refractivity contribution < 1.29 is 14.3 Å². The van der Waals surface area contributed by atoms with Crippen molar-refractivity contribution >= 4 is 52.1 Å². The average molecular weight is 400 g/mol. The summed E-state index contributed by atoms with van der Waals surface area (Å²) in [6, 6.07) is 9.98. The smallest absolute Gasteiger partial charge is 0.269 e. The van der Waals surface area contributed by atoms with E-state index in [4.69, 9.17) is 44.9 Å². The molecule has 6 nitrogen and oxygen atoms in total. The van der Waals surface area contributed by atoms with E-state index in [1.165, 1.54) is 26.4 Å². The molecule has 0 aliphatic rings. The topological polar surface area (TPSA) is 71.6 Å². The molecule has 0 aliphatic carbocycles. The molecule has 0 atom stereocenters. The molecule has 0 spiro atoms. The molecule has 132 valence electrons. The highest BCUT2D eigenvalue weighted by Crippen LogP contribution is 2.35. The van der Waals surface area contributed by atoms with Crippen LogP contribution < -0.4 is 25.6 Å². The van der Waals surface area contributed by atoms with Crippen LogP contribution in [0, 0.1) is 0 Å². The van der Waals surface area contributed by atoms with Gasteiger partial charge in [-0.15, -0.1) is 0 Å². The first-order valence-corrected chi connectivity index (χ1v) is 8.15. The predicted octanol–water partition coefficient (Wildman–Crippen LogP) is 3.64. The lowest BCUT2D eigenvalue weighted by Crippen LogP contribution is -2.43. The monoisotopic (exact) mass is 399 g/mol. The summed E-state index contributed by atoms with van der Waals surface area (Å²) < 4.78 is 10.3. The number of hydrogen-bond donors (Lipinski definition) is 3. The number of carbonyl (C=O) groups is 1. The molecule has 9 heteroatoms. The number of hydrogen-bond acceptors (Lipinski definition) is 4. The Morgan fingerprint density at radius 2 is 1.84 bits per heavy atom. The van der Waals surface area contributed by atoms with Crippen molar-refractivity contribution in [3.63, 3.8) is 0 Å². The van der Waals surface area contributed by atoms with Gasteiger partial charge in [0.15, 0.2) is 16.6 Å². The van der Waals surface area contributed by atoms with Gasteiger partial charge in [-0.25, -0.2) is 0 Å². The maximum Gasteiger partial charge on any atom is 0.269 e. The molecule has 0 fully saturated rings. The summed E-state index contributed by atoms with van der Waals surface area (Å²) in [4.78, 5) is 12.2. The van der Waals surface area contributed by atoms with Crippen molar-refractivity contribution in [2.45, 2.75) is 0 Å². The standard InChI is InChI=1S/C16H15Cl2N3O3S/c1-23-13-7-9(6-12(18)14(13)24-2)15(22)20-21-16(25)19-11-5-3-4-10(17)8-11/h3-8H,1-2H3,(H,20,22)(H2,19,21,25). The largest absolute Gasteiger partial charge is 0.493 e. The number of thiocarbonyl (C=S) groups is 1. The summed E-state index contributed by atoms with van der Waals surface area (Å²) in [6.07, 6.45) is 0. The Hall–Kier alpha value is -2.22. The summed E-state index contributed by atoms with van der Waals surface area (Å²) in [7, 11) is 2.92. The van der Waals surface area contributed by atoms with Crippen molar-refractivity contribution in [2.75, 3.05) is 19.5 Å². The fourth-order valence-corrected chi connectivity index (χ4v) is 2.61. The Kier molecular flexibility index (Phi) is 6.69. The van der Waals surface area contributed by atoms with Crippen molar-refractivity contribution in [1.29, 1.82) is 0 Å². The number of rotatable bonds is 4. The normalized spacial score (nSPS) is 9.92. The predicted molar refractivity (Wildman–Crippen MR) is 103 cm³/mol. The van der Waals surface area contributed by atoms with E-state index in [1.54, 1.807) is 24.3 Å². The molecule has 0 saturated carbocycles. The van der Waals surface area contributed by atoms with Crippen molar-refractivity contribution in [2.24, 2.45) is 0 Å². The zero-order valence-electron chi connectivity index (χ0n) is 13.4. The van der Waals surface area contributed by atoms with Crippen LogP contribution in [0.15, 0.2) is 36.4 Å². The average Bonchev–Trinajstić information content (AvgIpc) is 2.58. The van der Waals surface area contributed by atoms with Crippen LogP contribution in [-0.2, 0) is 0 Å². The Balaban J connectivity index is 2.00. The van der Waals surface area contributed by atoms with Gasteiger partial charge in [0.25, 0.3) is 5.91 Å². The first-order chi connectivity index (χ1) is 11.9. The van der Waals surface area contributed by atoms with Crippen LogP contribution in [0.4, 0.5) is 5.69 Å². The van der Waals surface area contributed by atoms with Crippen LogP contribution >= 0.6 is 35.4 Å². The van der Waals surface area contributed by atoms with Crippen molar-refractivity contribution in [3.05, 3.63) is 52.0 Å². The molecule has 25 heavy (non-hydrogen) atoms. The van der Waals surface area contributed by atoms with Gasteiger partial charge in [0.2, 0.25) is 0 Å². The van der Waals surface area contributed by atoms with Gasteiger partial charge in [-0.2, -0.15) is 0 Å². The fraction of sp³-hybridized carbons (Fsp3) is 0.125. The lowest BCUT2D eigenvalue weighted by Gasteiger charge is -2.14. The third-order valence-corrected chi connectivity index (χ3v) is 3.79. The van der Waals surface area contributed by atoms with Crippen LogP contribution in [0.25, 0.3) is 0 Å². The molecule has 2 rings (SSSR count). The Labute approximate surface area is 160 Å². The zero-order chi connectivity index (χ0) is 18.4. The maximum absolute atomic E-state index is 12.2. The first-order valence-electron chi connectivity index (χ1n) is 6.99. The lowest BCUT2D eigenvalue weighted by molar-refractivity contribution is 0.0944. The molecule has 2 aromatic rings. The summed E-state index contributed by atoms with van der Waals surface area (Å²) in [5.41, 5.74) is 6.03. The van der Waals surface area contributed by atoms with E-state index in [9.17, 15) is 4.79 Å². The number of carbonyl (C=O) groups excluding carboxylic acids is 1. The van der Waals surface area contributed by atoms with E-state index >= 15 is 0 Å². The number of nitrogens with one attached hydrogen (secondary N) is 3. The van der Waals surface area contributed by atoms with Gasteiger partial charge in [0.1, 0.15) is 0 Å². The van der Waals surface area contributed by atoms with E-state index in [2.05, 4.69) is 16.2 Å². The van der Waals surface area contributed by atoms with Gasteiger partial charge >= 0.3 is 0 Å². The highest BCUT2D eigenvalue weighted by atomic mass is 35.5. The van der Waals surface area contributed by atoms with Crippen molar-refractivity contribution in [3.8, 4) is 11.5 Å². The second kappa shape index (κ2) is 8.75. The molecule has 0 aromatic heterocycles. The van der Waals surface area contributed by atoms with Crippen LogP contribution in [0.3, 0.4) is 0 Å². The first kappa shape index (κ1) is 19.1. The summed E-state index contributed by atoms with van der Waals surface area (Å²) >= 11 is 17.1. The molecule has 0 bridgehead atoms. The second-order valence-electron chi connectivity index (χ2n) is 4.74. The maximum atomic E-state index is 12.2. The SMILES string of the molecule is COc1cc(C(=O)NNC(=S)Nc2cccc(Cl)c2)cc(Cl)c1OC. The second-order valence-corrected chi connectivity index (χ2v) is 5.99. The van der Waals surface area contributed by atoms with E-state index in [-0.39, 0.29) is 15.7 Å². The molecule has 0 unspecified atom stereocenters. The summed E-state index contributed by atoms with van der Waals surface area (Å²) in [5.74, 6) is 0.254. The highest BCUT2D eigenvalue weighted by Gasteiger charge is 2.15. The molecule has 1 amide bonds. The molecule has 3 N–H and O–H groups in total. The summed E-state index contributed by atoms with van der Waals surface area (Å²) in [6.45, 7) is 0. The number of halogens is 2. The molecule has 2 aromatic carbocycles. The minimum Gasteiger partial charge on any atom is -0.493 e. The Morgan fingerprint density at radius 1 is 1.08 bits per heavy atom. The lowest BCUT2D eigenvalue weighted by atomic mass is 10.2. The number of hydrazine groups is 1. The van der Waals surface area contributed by atoms with Crippen molar-refractivity contribution in [1.82, 2.24) is 10.9 Å². The van der Waals surface area contributed by atoms with Gasteiger partial charge < -0.3 is 14.8 Å². The minimum atomic E-state index is -0.446. The highest BCUT2D eigenvalue weighted by molar-refractivity contribution is 7.80. The molecule has 0 saturated heterocycles. The quantitative estimate of drug-likeness (QED) is 0.538.